The number of nitrogens with zero attached hydrogens (tertiary/aromatic N) is 2. The van der Waals surface area contributed by atoms with E-state index in [4.69, 9.17) is 0 Å². The lowest BCUT2D eigenvalue weighted by Crippen LogP contribution is -2.14. The average Bonchev–Trinajstić information content (AvgIpc) is 2.39. The molecule has 1 heterocycles. The standard InChI is InChI=1S/C14H15N3O/c1-3-11-8-13(16-9-15-11)14(18)17-12-6-4-5-10(2)7-12/h4-9H,3H2,1-2H3,(H,17,18). The molecule has 2 aromatic rings. The van der Waals surface area contributed by atoms with E-state index < -0.39 is 0 Å². The molecule has 1 aromatic carbocycles. The molecule has 0 aliphatic heterocycles. The monoisotopic (exact) mass is 241 g/mol. The lowest BCUT2D eigenvalue weighted by molar-refractivity contribution is 0.102. The van der Waals surface area contributed by atoms with E-state index in [9.17, 15) is 4.79 Å². The van der Waals surface area contributed by atoms with Gasteiger partial charge in [-0.2, -0.15) is 0 Å². The molecular formula is C14H15N3O. The van der Waals surface area contributed by atoms with Crippen LogP contribution >= 0.6 is 0 Å². The number of benzene rings is 1. The predicted octanol–water partition coefficient (Wildman–Crippen LogP) is 2.60. The van der Waals surface area contributed by atoms with Crippen LogP contribution in [0.3, 0.4) is 0 Å². The van der Waals surface area contributed by atoms with Crippen LogP contribution in [0.2, 0.25) is 0 Å². The first-order valence-corrected chi connectivity index (χ1v) is 5.88. The van der Waals surface area contributed by atoms with Crippen molar-refractivity contribution < 1.29 is 4.79 Å². The largest absolute Gasteiger partial charge is 0.321 e. The minimum atomic E-state index is -0.210. The first-order valence-electron chi connectivity index (χ1n) is 5.88. The Morgan fingerprint density at radius 1 is 1.28 bits per heavy atom. The van der Waals surface area contributed by atoms with Crippen LogP contribution in [0, 0.1) is 6.92 Å². The van der Waals surface area contributed by atoms with Crippen LogP contribution in [0.5, 0.6) is 0 Å². The van der Waals surface area contributed by atoms with Crippen molar-refractivity contribution in [1.82, 2.24) is 9.97 Å². The van der Waals surface area contributed by atoms with Gasteiger partial charge in [-0.15, -0.1) is 0 Å². The van der Waals surface area contributed by atoms with Gasteiger partial charge in [0.05, 0.1) is 0 Å². The summed E-state index contributed by atoms with van der Waals surface area (Å²) in [5.74, 6) is -0.210. The Morgan fingerprint density at radius 2 is 2.11 bits per heavy atom. The summed E-state index contributed by atoms with van der Waals surface area (Å²) in [6.45, 7) is 3.97. The van der Waals surface area contributed by atoms with E-state index in [1.165, 1.54) is 6.33 Å². The molecule has 92 valence electrons. The maximum Gasteiger partial charge on any atom is 0.274 e. The molecule has 18 heavy (non-hydrogen) atoms. The van der Waals surface area contributed by atoms with E-state index >= 15 is 0 Å². The van der Waals surface area contributed by atoms with Crippen molar-refractivity contribution in [3.8, 4) is 0 Å². The lowest BCUT2D eigenvalue weighted by Gasteiger charge is -2.05. The number of anilines is 1. The first kappa shape index (κ1) is 12.2. The smallest absolute Gasteiger partial charge is 0.274 e. The molecule has 1 N–H and O–H groups in total. The highest BCUT2D eigenvalue weighted by molar-refractivity contribution is 6.02. The molecule has 0 aliphatic rings. The number of carbonyl (C=O) groups excluding carboxylic acids is 1. The van der Waals surface area contributed by atoms with E-state index in [1.54, 1.807) is 6.07 Å². The summed E-state index contributed by atoms with van der Waals surface area (Å²) in [5, 5.41) is 2.82. The van der Waals surface area contributed by atoms with Crippen LogP contribution in [0.4, 0.5) is 5.69 Å². The van der Waals surface area contributed by atoms with E-state index in [1.807, 2.05) is 38.1 Å². The zero-order chi connectivity index (χ0) is 13.0. The molecule has 0 unspecified atom stereocenters. The number of rotatable bonds is 3. The molecule has 0 atom stereocenters. The second-order valence-electron chi connectivity index (χ2n) is 4.07. The van der Waals surface area contributed by atoms with Crippen molar-refractivity contribution in [2.24, 2.45) is 0 Å². The maximum absolute atomic E-state index is 12.0. The molecule has 2 rings (SSSR count). The zero-order valence-corrected chi connectivity index (χ0v) is 10.5. The first-order chi connectivity index (χ1) is 8.69. The third-order valence-corrected chi connectivity index (χ3v) is 2.59. The van der Waals surface area contributed by atoms with Gasteiger partial charge in [0.15, 0.2) is 0 Å². The van der Waals surface area contributed by atoms with Crippen LogP contribution in [0.25, 0.3) is 0 Å². The Labute approximate surface area is 106 Å². The normalized spacial score (nSPS) is 10.1. The fraction of sp³-hybridized carbons (Fsp3) is 0.214. The van der Waals surface area contributed by atoms with Crippen molar-refractivity contribution >= 4 is 11.6 Å². The number of hydrogen-bond acceptors (Lipinski definition) is 3. The van der Waals surface area contributed by atoms with Gasteiger partial charge < -0.3 is 5.32 Å². The summed E-state index contributed by atoms with van der Waals surface area (Å²) in [7, 11) is 0. The van der Waals surface area contributed by atoms with Crippen LogP contribution < -0.4 is 5.32 Å². The molecule has 0 bridgehead atoms. The maximum atomic E-state index is 12.0. The van der Waals surface area contributed by atoms with Crippen molar-refractivity contribution in [1.29, 1.82) is 0 Å². The molecule has 1 amide bonds. The summed E-state index contributed by atoms with van der Waals surface area (Å²) >= 11 is 0. The Hall–Kier alpha value is -2.23. The molecule has 4 heteroatoms. The molecule has 0 saturated carbocycles. The van der Waals surface area contributed by atoms with Gasteiger partial charge in [-0.3, -0.25) is 4.79 Å². The van der Waals surface area contributed by atoms with Gasteiger partial charge >= 0.3 is 0 Å². The fourth-order valence-corrected chi connectivity index (χ4v) is 1.63. The third-order valence-electron chi connectivity index (χ3n) is 2.59. The van der Waals surface area contributed by atoms with Gasteiger partial charge in [0, 0.05) is 11.4 Å². The Balaban J connectivity index is 2.16. The minimum Gasteiger partial charge on any atom is -0.321 e. The highest BCUT2D eigenvalue weighted by Crippen LogP contribution is 2.11. The Kier molecular flexibility index (Phi) is 3.67. The van der Waals surface area contributed by atoms with Crippen LogP contribution in [0.15, 0.2) is 36.7 Å². The van der Waals surface area contributed by atoms with Gasteiger partial charge in [-0.25, -0.2) is 9.97 Å². The van der Waals surface area contributed by atoms with Gasteiger partial charge in [-0.1, -0.05) is 19.1 Å². The number of aryl methyl sites for hydroxylation is 2. The number of aromatic nitrogens is 2. The number of nitrogens with one attached hydrogen (secondary N) is 1. The van der Waals surface area contributed by atoms with Gasteiger partial charge in [0.2, 0.25) is 0 Å². The Bertz CT molecular complexity index is 566. The highest BCUT2D eigenvalue weighted by atomic mass is 16.1. The summed E-state index contributed by atoms with van der Waals surface area (Å²) in [4.78, 5) is 20.0. The van der Waals surface area contributed by atoms with E-state index in [-0.39, 0.29) is 5.91 Å². The molecule has 0 spiro atoms. The van der Waals surface area contributed by atoms with Crippen molar-refractivity contribution in [3.63, 3.8) is 0 Å². The zero-order valence-electron chi connectivity index (χ0n) is 10.5. The summed E-state index contributed by atoms with van der Waals surface area (Å²) in [5.41, 5.74) is 3.13. The van der Waals surface area contributed by atoms with E-state index in [2.05, 4.69) is 15.3 Å². The number of hydrogen-bond donors (Lipinski definition) is 1. The van der Waals surface area contributed by atoms with Crippen molar-refractivity contribution in [2.45, 2.75) is 20.3 Å². The van der Waals surface area contributed by atoms with Crippen LogP contribution in [-0.4, -0.2) is 15.9 Å². The average molecular weight is 241 g/mol. The van der Waals surface area contributed by atoms with Crippen molar-refractivity contribution in [2.75, 3.05) is 5.32 Å². The van der Waals surface area contributed by atoms with E-state index in [0.29, 0.717) is 5.69 Å². The second-order valence-corrected chi connectivity index (χ2v) is 4.07. The van der Waals surface area contributed by atoms with Gasteiger partial charge in [0.1, 0.15) is 12.0 Å². The van der Waals surface area contributed by atoms with E-state index in [0.717, 1.165) is 23.4 Å². The number of amides is 1. The van der Waals surface area contributed by atoms with Crippen LogP contribution in [0.1, 0.15) is 28.7 Å². The molecule has 1 aromatic heterocycles. The Morgan fingerprint density at radius 3 is 2.83 bits per heavy atom. The van der Waals surface area contributed by atoms with Gasteiger partial charge in [0.25, 0.3) is 5.91 Å². The lowest BCUT2D eigenvalue weighted by atomic mass is 10.2. The highest BCUT2D eigenvalue weighted by Gasteiger charge is 2.08. The molecule has 0 fully saturated rings. The predicted molar refractivity (Wildman–Crippen MR) is 70.5 cm³/mol. The molecule has 0 aliphatic carbocycles. The minimum absolute atomic E-state index is 0.210. The molecule has 4 nitrogen and oxygen atoms in total. The van der Waals surface area contributed by atoms with Gasteiger partial charge in [-0.05, 0) is 37.1 Å². The molecule has 0 saturated heterocycles. The summed E-state index contributed by atoms with van der Waals surface area (Å²) in [6, 6.07) is 9.37. The quantitative estimate of drug-likeness (QED) is 0.898. The second kappa shape index (κ2) is 5.40. The third kappa shape index (κ3) is 2.91. The fourth-order valence-electron chi connectivity index (χ4n) is 1.63. The number of carbonyl (C=O) groups is 1. The van der Waals surface area contributed by atoms with Crippen molar-refractivity contribution in [3.05, 3.63) is 53.6 Å². The molecular weight excluding hydrogens is 226 g/mol. The molecule has 0 radical (unpaired) electrons. The topological polar surface area (TPSA) is 54.9 Å². The summed E-state index contributed by atoms with van der Waals surface area (Å²) in [6.07, 6.45) is 2.21. The summed E-state index contributed by atoms with van der Waals surface area (Å²) < 4.78 is 0. The van der Waals surface area contributed by atoms with Crippen LogP contribution in [-0.2, 0) is 6.42 Å². The SMILES string of the molecule is CCc1cc(C(=O)Nc2cccc(C)c2)ncn1.